The second kappa shape index (κ2) is 4.29. The molecule has 96 valence electrons. The number of ketones is 1. The summed E-state index contributed by atoms with van der Waals surface area (Å²) < 4.78 is 6.77. The van der Waals surface area contributed by atoms with E-state index < -0.39 is 17.5 Å². The van der Waals surface area contributed by atoms with Gasteiger partial charge >= 0.3 is 5.69 Å². The summed E-state index contributed by atoms with van der Waals surface area (Å²) in [6.45, 7) is 4.82. The van der Waals surface area contributed by atoms with Crippen molar-refractivity contribution in [3.05, 3.63) is 43.9 Å². The van der Waals surface area contributed by atoms with Gasteiger partial charge in [-0.05, 0) is 19.4 Å². The zero-order valence-corrected chi connectivity index (χ0v) is 10.4. The van der Waals surface area contributed by atoms with Gasteiger partial charge in [0.1, 0.15) is 0 Å². The lowest BCUT2D eigenvalue weighted by Crippen LogP contribution is -2.33. The molecule has 0 radical (unpaired) electrons. The number of rotatable bonds is 2. The summed E-state index contributed by atoms with van der Waals surface area (Å²) in [5, 5.41) is 0. The Balaban J connectivity index is 2.38. The van der Waals surface area contributed by atoms with Crippen LogP contribution in [0.3, 0.4) is 0 Å². The Labute approximate surface area is 103 Å². The lowest BCUT2D eigenvalue weighted by Gasteiger charge is -2.15. The van der Waals surface area contributed by atoms with Gasteiger partial charge in [-0.2, -0.15) is 0 Å². The first kappa shape index (κ1) is 12.3. The van der Waals surface area contributed by atoms with Crippen molar-refractivity contribution >= 4 is 5.78 Å². The van der Waals surface area contributed by atoms with Gasteiger partial charge in [0.05, 0.1) is 0 Å². The van der Waals surface area contributed by atoms with E-state index in [1.807, 2.05) is 0 Å². The maximum absolute atomic E-state index is 11.7. The number of nitrogens with zero attached hydrogens (tertiary/aromatic N) is 1. The van der Waals surface area contributed by atoms with Crippen LogP contribution in [0.1, 0.15) is 32.1 Å². The van der Waals surface area contributed by atoms with Crippen LogP contribution in [0.25, 0.3) is 0 Å². The summed E-state index contributed by atoms with van der Waals surface area (Å²) in [5.74, 6) is 0.139. The van der Waals surface area contributed by atoms with Crippen LogP contribution in [-0.4, -0.2) is 15.3 Å². The lowest BCUT2D eigenvalue weighted by molar-refractivity contribution is -0.118. The summed E-state index contributed by atoms with van der Waals surface area (Å²) in [6, 6.07) is 0. The molecule has 2 heterocycles. The minimum Gasteiger partial charge on any atom is -0.466 e. The van der Waals surface area contributed by atoms with Crippen LogP contribution < -0.4 is 11.2 Å². The summed E-state index contributed by atoms with van der Waals surface area (Å²) in [7, 11) is 0. The Morgan fingerprint density at radius 1 is 1.44 bits per heavy atom. The molecule has 1 N–H and O–H groups in total. The SMILES string of the molecule is CC(=O)C1=C(C)C[C@H](n2cc(C)c(=O)[nH]c2=O)O1. The molecule has 0 fully saturated rings. The smallest absolute Gasteiger partial charge is 0.331 e. The van der Waals surface area contributed by atoms with Gasteiger partial charge in [-0.15, -0.1) is 0 Å². The molecule has 18 heavy (non-hydrogen) atoms. The fourth-order valence-corrected chi connectivity index (χ4v) is 1.97. The number of ether oxygens (including phenoxy) is 1. The summed E-state index contributed by atoms with van der Waals surface area (Å²) in [4.78, 5) is 36.5. The highest BCUT2D eigenvalue weighted by Crippen LogP contribution is 2.31. The topological polar surface area (TPSA) is 81.2 Å². The van der Waals surface area contributed by atoms with Crippen LogP contribution in [0.5, 0.6) is 0 Å². The second-order valence-electron chi connectivity index (χ2n) is 4.42. The molecule has 0 bridgehead atoms. The van der Waals surface area contributed by atoms with Crippen LogP contribution in [0.2, 0.25) is 0 Å². The van der Waals surface area contributed by atoms with E-state index in [-0.39, 0.29) is 5.78 Å². The minimum absolute atomic E-state index is 0.163. The standard InChI is InChI=1S/C12H14N2O4/c1-6-4-9(18-10(6)8(3)15)14-5-7(2)11(16)13-12(14)17/h5,9H,4H2,1-3H3,(H,13,16,17)/t9-/m1/s1. The van der Waals surface area contributed by atoms with E-state index in [1.54, 1.807) is 13.8 Å². The van der Waals surface area contributed by atoms with E-state index in [1.165, 1.54) is 17.7 Å². The average molecular weight is 250 g/mol. The highest BCUT2D eigenvalue weighted by Gasteiger charge is 2.27. The molecule has 1 aliphatic heterocycles. The minimum atomic E-state index is -0.563. The number of aryl methyl sites for hydroxylation is 1. The van der Waals surface area contributed by atoms with Gasteiger partial charge in [-0.3, -0.25) is 19.1 Å². The molecule has 0 spiro atoms. The molecule has 1 aliphatic rings. The maximum atomic E-state index is 11.7. The first-order valence-corrected chi connectivity index (χ1v) is 5.59. The Morgan fingerprint density at radius 3 is 2.67 bits per heavy atom. The van der Waals surface area contributed by atoms with E-state index in [4.69, 9.17) is 4.74 Å². The van der Waals surface area contributed by atoms with Crippen LogP contribution in [0.15, 0.2) is 27.1 Å². The van der Waals surface area contributed by atoms with Crippen LogP contribution >= 0.6 is 0 Å². The fourth-order valence-electron chi connectivity index (χ4n) is 1.97. The van der Waals surface area contributed by atoms with Crippen molar-refractivity contribution in [2.24, 2.45) is 0 Å². The van der Waals surface area contributed by atoms with E-state index in [9.17, 15) is 14.4 Å². The van der Waals surface area contributed by atoms with Crippen molar-refractivity contribution in [1.29, 1.82) is 0 Å². The molecule has 0 saturated heterocycles. The van der Waals surface area contributed by atoms with Crippen LogP contribution in [0, 0.1) is 6.92 Å². The van der Waals surface area contributed by atoms with Crippen molar-refractivity contribution < 1.29 is 9.53 Å². The van der Waals surface area contributed by atoms with E-state index in [2.05, 4.69) is 4.98 Å². The molecule has 6 heteroatoms. The van der Waals surface area contributed by atoms with Gasteiger partial charge in [0.2, 0.25) is 0 Å². The number of H-pyrrole nitrogens is 1. The third kappa shape index (κ3) is 2.01. The number of allylic oxidation sites excluding steroid dienone is 1. The third-order valence-corrected chi connectivity index (χ3v) is 2.90. The molecule has 1 atom stereocenters. The van der Waals surface area contributed by atoms with Crippen molar-refractivity contribution in [1.82, 2.24) is 9.55 Å². The average Bonchev–Trinajstić information content (AvgIpc) is 2.65. The van der Waals surface area contributed by atoms with Crippen molar-refractivity contribution in [3.8, 4) is 0 Å². The molecule has 1 aromatic rings. The van der Waals surface area contributed by atoms with Gasteiger partial charge in [0, 0.05) is 25.1 Å². The first-order valence-electron chi connectivity index (χ1n) is 5.59. The number of hydrogen-bond donors (Lipinski definition) is 1. The molecule has 0 saturated carbocycles. The summed E-state index contributed by atoms with van der Waals surface area (Å²) in [5.41, 5.74) is 0.286. The largest absolute Gasteiger partial charge is 0.466 e. The second-order valence-corrected chi connectivity index (χ2v) is 4.42. The fraction of sp³-hybridized carbons (Fsp3) is 0.417. The molecule has 6 nitrogen and oxygen atoms in total. The predicted octanol–water partition coefficient (Wildman–Crippen LogP) is 0.627. The normalized spacial score (nSPS) is 18.9. The van der Waals surface area contributed by atoms with Gasteiger partial charge < -0.3 is 4.74 Å². The molecule has 1 aromatic heterocycles. The Bertz CT molecular complexity index is 651. The van der Waals surface area contributed by atoms with Crippen molar-refractivity contribution in [2.45, 2.75) is 33.4 Å². The van der Waals surface area contributed by atoms with Gasteiger partial charge in [-0.25, -0.2) is 4.79 Å². The highest BCUT2D eigenvalue weighted by atomic mass is 16.5. The molecule has 2 rings (SSSR count). The van der Waals surface area contributed by atoms with Gasteiger partial charge in [0.25, 0.3) is 5.56 Å². The number of hydrogen-bond acceptors (Lipinski definition) is 4. The van der Waals surface area contributed by atoms with Crippen molar-refractivity contribution in [2.75, 3.05) is 0 Å². The Hall–Kier alpha value is -2.11. The molecular formula is C12H14N2O4. The molecule has 0 aromatic carbocycles. The molecule has 0 aliphatic carbocycles. The van der Waals surface area contributed by atoms with Crippen molar-refractivity contribution in [3.63, 3.8) is 0 Å². The Kier molecular flexibility index (Phi) is 2.94. The number of nitrogens with one attached hydrogen (secondary N) is 1. The number of Topliss-reactive ketones (excluding diaryl/α,β-unsaturated/α-hetero) is 1. The quantitative estimate of drug-likeness (QED) is 0.834. The number of carbonyl (C=O) groups is 1. The summed E-state index contributed by atoms with van der Waals surface area (Å²) in [6.07, 6.45) is 1.34. The lowest BCUT2D eigenvalue weighted by atomic mass is 10.2. The molecule has 0 unspecified atom stereocenters. The monoisotopic (exact) mass is 250 g/mol. The maximum Gasteiger partial charge on any atom is 0.331 e. The summed E-state index contributed by atoms with van der Waals surface area (Å²) >= 11 is 0. The number of aromatic amines is 1. The number of carbonyl (C=O) groups excluding carboxylic acids is 1. The highest BCUT2D eigenvalue weighted by molar-refractivity contribution is 5.92. The van der Waals surface area contributed by atoms with Gasteiger partial charge in [-0.1, -0.05) is 0 Å². The number of aromatic nitrogens is 2. The zero-order chi connectivity index (χ0) is 13.4. The first-order chi connectivity index (χ1) is 8.40. The molecular weight excluding hydrogens is 236 g/mol. The molecule has 0 amide bonds. The Morgan fingerprint density at radius 2 is 2.11 bits per heavy atom. The van der Waals surface area contributed by atoms with Gasteiger partial charge in [0.15, 0.2) is 17.8 Å². The van der Waals surface area contributed by atoms with E-state index >= 15 is 0 Å². The van der Waals surface area contributed by atoms with Crippen LogP contribution in [-0.2, 0) is 9.53 Å². The predicted molar refractivity (Wildman–Crippen MR) is 64.2 cm³/mol. The van der Waals surface area contributed by atoms with Crippen LogP contribution in [0.4, 0.5) is 0 Å². The third-order valence-electron chi connectivity index (χ3n) is 2.90. The zero-order valence-electron chi connectivity index (χ0n) is 10.4. The van der Waals surface area contributed by atoms with E-state index in [0.717, 1.165) is 5.57 Å². The van der Waals surface area contributed by atoms with E-state index in [0.29, 0.717) is 17.7 Å².